The molecule has 0 bridgehead atoms. The van der Waals surface area contributed by atoms with Crippen LogP contribution in [0.2, 0.25) is 0 Å². The predicted octanol–water partition coefficient (Wildman–Crippen LogP) is 1.99. The zero-order valence-corrected chi connectivity index (χ0v) is 19.0. The van der Waals surface area contributed by atoms with E-state index < -0.39 is 12.1 Å². The van der Waals surface area contributed by atoms with Gasteiger partial charge in [0.1, 0.15) is 18.3 Å². The zero-order chi connectivity index (χ0) is 23.7. The van der Waals surface area contributed by atoms with Crippen molar-refractivity contribution in [1.29, 1.82) is 0 Å². The Morgan fingerprint density at radius 1 is 1.03 bits per heavy atom. The number of carbonyl (C=O) groups is 3. The number of ether oxygens (including phenoxy) is 1. The number of methoxy groups -OCH3 is 1. The number of para-hydroxylation sites is 1. The van der Waals surface area contributed by atoms with Crippen LogP contribution in [0.15, 0.2) is 54.7 Å². The molecule has 1 atom stereocenters. The molecular weight excluding hydrogens is 434 g/mol. The Hall–Kier alpha value is -4.01. The summed E-state index contributed by atoms with van der Waals surface area (Å²) in [7, 11) is 1.63. The number of carbonyl (C=O) groups excluding carboxylic acids is 3. The molecule has 2 N–H and O–H groups in total. The number of aromatic amines is 1. The molecule has 5 rings (SSSR count). The molecule has 9 nitrogen and oxygen atoms in total. The maximum absolute atomic E-state index is 12.9. The van der Waals surface area contributed by atoms with Crippen LogP contribution in [0, 0.1) is 0 Å². The van der Waals surface area contributed by atoms with Gasteiger partial charge in [0.15, 0.2) is 0 Å². The largest absolute Gasteiger partial charge is 0.497 e. The summed E-state index contributed by atoms with van der Waals surface area (Å²) in [5.74, 6) is 0.222. The molecule has 0 radical (unpaired) electrons. The number of amides is 4. The van der Waals surface area contributed by atoms with Crippen molar-refractivity contribution >= 4 is 34.4 Å². The lowest BCUT2D eigenvalue weighted by molar-refractivity contribution is -0.137. The lowest BCUT2D eigenvalue weighted by Crippen LogP contribution is -2.52. The number of hydrogen-bond donors (Lipinski definition) is 2. The van der Waals surface area contributed by atoms with E-state index in [0.717, 1.165) is 32.8 Å². The first-order valence-electron chi connectivity index (χ1n) is 11.4. The fourth-order valence-corrected chi connectivity index (χ4v) is 4.63. The van der Waals surface area contributed by atoms with E-state index in [9.17, 15) is 14.4 Å². The molecule has 9 heteroatoms. The summed E-state index contributed by atoms with van der Waals surface area (Å²) in [6, 6.07) is 14.5. The number of piperazine rings is 1. The van der Waals surface area contributed by atoms with Crippen LogP contribution in [-0.2, 0) is 16.0 Å². The van der Waals surface area contributed by atoms with Crippen LogP contribution in [0.4, 0.5) is 10.5 Å². The molecule has 0 saturated carbocycles. The molecule has 2 fully saturated rings. The molecule has 3 heterocycles. The van der Waals surface area contributed by atoms with Crippen LogP contribution in [0.3, 0.4) is 0 Å². The average Bonchev–Trinajstić information content (AvgIpc) is 3.40. The van der Waals surface area contributed by atoms with Crippen molar-refractivity contribution in [3.8, 4) is 5.75 Å². The average molecular weight is 462 g/mol. The molecular formula is C25H27N5O4. The summed E-state index contributed by atoms with van der Waals surface area (Å²) in [5.41, 5.74) is 3.01. The van der Waals surface area contributed by atoms with Crippen molar-refractivity contribution in [2.75, 3.05) is 44.7 Å². The standard InChI is InChI=1S/C25H27N5O4/c1-34-19-8-6-18(7-9-19)28-10-12-29(13-11-28)23(31)16-30-24(32)22(27-25(30)33)14-17-15-26-21-5-3-2-4-20(17)21/h2-9,15,22,26H,10-14,16H2,1H3,(H,27,33). The monoisotopic (exact) mass is 461 g/mol. The quantitative estimate of drug-likeness (QED) is 0.547. The number of aromatic nitrogens is 1. The first-order valence-corrected chi connectivity index (χ1v) is 11.4. The minimum atomic E-state index is -0.675. The van der Waals surface area contributed by atoms with Gasteiger partial charge in [-0.1, -0.05) is 18.2 Å². The van der Waals surface area contributed by atoms with Gasteiger partial charge in [-0.2, -0.15) is 0 Å². The Morgan fingerprint density at radius 2 is 1.76 bits per heavy atom. The van der Waals surface area contributed by atoms with Gasteiger partial charge in [0.05, 0.1) is 7.11 Å². The zero-order valence-electron chi connectivity index (χ0n) is 19.0. The van der Waals surface area contributed by atoms with Crippen molar-refractivity contribution in [2.24, 2.45) is 0 Å². The third kappa shape index (κ3) is 4.16. The van der Waals surface area contributed by atoms with Gasteiger partial charge in [0, 0.05) is 55.4 Å². The number of nitrogens with zero attached hydrogens (tertiary/aromatic N) is 3. The van der Waals surface area contributed by atoms with E-state index in [2.05, 4.69) is 15.2 Å². The number of rotatable bonds is 6. The number of H-pyrrole nitrogens is 1. The van der Waals surface area contributed by atoms with Crippen LogP contribution in [0.1, 0.15) is 5.56 Å². The normalized spacial score (nSPS) is 18.5. The highest BCUT2D eigenvalue weighted by molar-refractivity contribution is 6.06. The molecule has 2 aliphatic rings. The SMILES string of the molecule is COc1ccc(N2CCN(C(=O)CN3C(=O)NC(Cc4c[nH]c5ccccc45)C3=O)CC2)cc1. The summed E-state index contributed by atoms with van der Waals surface area (Å²) in [5, 5.41) is 3.76. The summed E-state index contributed by atoms with van der Waals surface area (Å²) in [6.45, 7) is 2.20. The second-order valence-electron chi connectivity index (χ2n) is 8.56. The Bertz CT molecular complexity index is 1210. The number of hydrogen-bond acceptors (Lipinski definition) is 5. The van der Waals surface area contributed by atoms with Gasteiger partial charge in [-0.25, -0.2) is 4.79 Å². The van der Waals surface area contributed by atoms with Crippen LogP contribution in [0.25, 0.3) is 10.9 Å². The van der Waals surface area contributed by atoms with Gasteiger partial charge in [-0.15, -0.1) is 0 Å². The minimum absolute atomic E-state index is 0.217. The molecule has 2 aliphatic heterocycles. The third-order valence-corrected chi connectivity index (χ3v) is 6.57. The number of fused-ring (bicyclic) bond motifs is 1. The number of imide groups is 1. The molecule has 2 aromatic carbocycles. The van der Waals surface area contributed by atoms with Crippen LogP contribution in [-0.4, -0.2) is 78.5 Å². The van der Waals surface area contributed by atoms with Crippen molar-refractivity contribution in [1.82, 2.24) is 20.1 Å². The molecule has 3 aromatic rings. The van der Waals surface area contributed by atoms with Crippen molar-refractivity contribution in [3.05, 3.63) is 60.3 Å². The fraction of sp³-hybridized carbons (Fsp3) is 0.320. The molecule has 2 saturated heterocycles. The summed E-state index contributed by atoms with van der Waals surface area (Å²) in [6.07, 6.45) is 2.24. The fourth-order valence-electron chi connectivity index (χ4n) is 4.63. The smallest absolute Gasteiger partial charge is 0.325 e. The van der Waals surface area contributed by atoms with Gasteiger partial charge >= 0.3 is 6.03 Å². The lowest BCUT2D eigenvalue weighted by atomic mass is 10.1. The van der Waals surface area contributed by atoms with Gasteiger partial charge in [-0.05, 0) is 35.9 Å². The van der Waals surface area contributed by atoms with E-state index in [4.69, 9.17) is 4.74 Å². The molecule has 176 valence electrons. The lowest BCUT2D eigenvalue weighted by Gasteiger charge is -2.36. The molecule has 0 spiro atoms. The highest BCUT2D eigenvalue weighted by atomic mass is 16.5. The first-order chi connectivity index (χ1) is 16.5. The topological polar surface area (TPSA) is 98.0 Å². The molecule has 34 heavy (non-hydrogen) atoms. The number of benzene rings is 2. The van der Waals surface area contributed by atoms with Gasteiger partial charge in [0.2, 0.25) is 5.91 Å². The van der Waals surface area contributed by atoms with E-state index in [1.807, 2.05) is 54.7 Å². The second-order valence-corrected chi connectivity index (χ2v) is 8.56. The Kier molecular flexibility index (Phi) is 5.83. The second kappa shape index (κ2) is 9.09. The molecule has 1 aromatic heterocycles. The Morgan fingerprint density at radius 3 is 2.50 bits per heavy atom. The maximum atomic E-state index is 12.9. The van der Waals surface area contributed by atoms with E-state index >= 15 is 0 Å². The number of anilines is 1. The summed E-state index contributed by atoms with van der Waals surface area (Å²) >= 11 is 0. The van der Waals surface area contributed by atoms with Gasteiger partial charge in [-0.3, -0.25) is 14.5 Å². The van der Waals surface area contributed by atoms with Crippen LogP contribution in [0.5, 0.6) is 5.75 Å². The van der Waals surface area contributed by atoms with Crippen LogP contribution >= 0.6 is 0 Å². The molecule has 0 aliphatic carbocycles. The third-order valence-electron chi connectivity index (χ3n) is 6.57. The summed E-state index contributed by atoms with van der Waals surface area (Å²) < 4.78 is 5.20. The van der Waals surface area contributed by atoms with E-state index in [-0.39, 0.29) is 18.4 Å². The van der Waals surface area contributed by atoms with Crippen molar-refractivity contribution in [3.63, 3.8) is 0 Å². The van der Waals surface area contributed by atoms with Crippen LogP contribution < -0.4 is 15.0 Å². The van der Waals surface area contributed by atoms with E-state index in [1.165, 1.54) is 0 Å². The Labute approximate surface area is 197 Å². The molecule has 1 unspecified atom stereocenters. The van der Waals surface area contributed by atoms with Gasteiger partial charge < -0.3 is 24.8 Å². The minimum Gasteiger partial charge on any atom is -0.497 e. The molecule has 4 amide bonds. The first kappa shape index (κ1) is 21.8. The van der Waals surface area contributed by atoms with Gasteiger partial charge in [0.25, 0.3) is 5.91 Å². The highest BCUT2D eigenvalue weighted by Crippen LogP contribution is 2.22. The summed E-state index contributed by atoms with van der Waals surface area (Å²) in [4.78, 5) is 46.4. The maximum Gasteiger partial charge on any atom is 0.325 e. The highest BCUT2D eigenvalue weighted by Gasteiger charge is 2.40. The van der Waals surface area contributed by atoms with E-state index in [1.54, 1.807) is 12.0 Å². The van der Waals surface area contributed by atoms with Crippen molar-refractivity contribution < 1.29 is 19.1 Å². The number of nitrogens with one attached hydrogen (secondary N) is 2. The Balaban J connectivity index is 1.17. The van der Waals surface area contributed by atoms with Crippen molar-refractivity contribution in [2.45, 2.75) is 12.5 Å². The van der Waals surface area contributed by atoms with E-state index in [0.29, 0.717) is 32.6 Å². The predicted molar refractivity (Wildman–Crippen MR) is 128 cm³/mol. The number of urea groups is 1.